The molecule has 1 saturated heterocycles. The van der Waals surface area contributed by atoms with Crippen molar-refractivity contribution < 1.29 is 4.79 Å². The number of piperidine rings is 1. The van der Waals surface area contributed by atoms with E-state index in [-0.39, 0.29) is 5.91 Å². The number of aromatic nitrogens is 1. The minimum atomic E-state index is -0.0259. The number of aryl methyl sites for hydroxylation is 1. The van der Waals surface area contributed by atoms with Gasteiger partial charge in [0.1, 0.15) is 0 Å². The Morgan fingerprint density at radius 1 is 1.35 bits per heavy atom. The number of nitrogens with one attached hydrogen (secondary N) is 1. The minimum absolute atomic E-state index is 0.0259. The van der Waals surface area contributed by atoms with Gasteiger partial charge in [0.2, 0.25) is 5.91 Å². The third-order valence-corrected chi connectivity index (χ3v) is 5.59. The number of anilines is 1. The Hall–Kier alpha value is -2.23. The number of thiazole rings is 1. The molecule has 1 aromatic heterocycles. The average molecular weight is 369 g/mol. The molecule has 1 aliphatic rings. The van der Waals surface area contributed by atoms with Gasteiger partial charge in [-0.05, 0) is 56.0 Å². The van der Waals surface area contributed by atoms with Crippen LogP contribution in [-0.4, -0.2) is 28.9 Å². The number of rotatable bonds is 6. The zero-order valence-electron chi connectivity index (χ0n) is 15.1. The van der Waals surface area contributed by atoms with Crippen LogP contribution in [0.4, 0.5) is 5.13 Å². The lowest BCUT2D eigenvalue weighted by Gasteiger charge is -2.29. The van der Waals surface area contributed by atoms with E-state index in [0.29, 0.717) is 23.5 Å². The first-order chi connectivity index (χ1) is 12.6. The van der Waals surface area contributed by atoms with Gasteiger partial charge in [0, 0.05) is 18.3 Å². The molecule has 0 radical (unpaired) electrons. The Morgan fingerprint density at radius 2 is 2.08 bits per heavy atom. The highest BCUT2D eigenvalue weighted by Crippen LogP contribution is 2.21. The predicted molar refractivity (Wildman–Crippen MR) is 104 cm³/mol. The number of hydrogen-bond donors (Lipinski definition) is 1. The average Bonchev–Trinajstić information content (AvgIpc) is 3.09. The van der Waals surface area contributed by atoms with Gasteiger partial charge in [0.25, 0.3) is 0 Å². The quantitative estimate of drug-likeness (QED) is 0.841. The molecule has 0 aliphatic carbocycles. The fourth-order valence-corrected chi connectivity index (χ4v) is 3.79. The van der Waals surface area contributed by atoms with Crippen LogP contribution in [0, 0.1) is 17.2 Å². The topological polar surface area (TPSA) is 69.0 Å². The zero-order chi connectivity index (χ0) is 18.4. The first-order valence-corrected chi connectivity index (χ1v) is 9.96. The Morgan fingerprint density at radius 3 is 2.77 bits per heavy atom. The summed E-state index contributed by atoms with van der Waals surface area (Å²) in [4.78, 5) is 19.1. The van der Waals surface area contributed by atoms with Gasteiger partial charge in [-0.1, -0.05) is 19.1 Å². The van der Waals surface area contributed by atoms with Crippen molar-refractivity contribution >= 4 is 22.4 Å². The second-order valence-electron chi connectivity index (χ2n) is 6.96. The van der Waals surface area contributed by atoms with Crippen LogP contribution >= 0.6 is 11.3 Å². The second kappa shape index (κ2) is 8.93. The molecule has 0 unspecified atom stereocenters. The lowest BCUT2D eigenvalue weighted by molar-refractivity contribution is -0.116. The van der Waals surface area contributed by atoms with Gasteiger partial charge in [-0.3, -0.25) is 9.69 Å². The molecular formula is C20H24N4OS. The predicted octanol–water partition coefficient (Wildman–Crippen LogP) is 3.82. The van der Waals surface area contributed by atoms with Gasteiger partial charge < -0.3 is 5.32 Å². The molecule has 6 heteroatoms. The van der Waals surface area contributed by atoms with E-state index in [1.165, 1.54) is 24.2 Å². The number of nitrogens with zero attached hydrogens (tertiary/aromatic N) is 3. The van der Waals surface area contributed by atoms with Crippen molar-refractivity contribution in [1.82, 2.24) is 9.88 Å². The maximum Gasteiger partial charge on any atom is 0.226 e. The minimum Gasteiger partial charge on any atom is -0.302 e. The number of carbonyl (C=O) groups is 1. The third kappa shape index (κ3) is 5.38. The summed E-state index contributed by atoms with van der Waals surface area (Å²) in [5, 5.41) is 14.4. The number of nitriles is 1. The van der Waals surface area contributed by atoms with Crippen molar-refractivity contribution in [2.45, 2.75) is 39.2 Å². The first kappa shape index (κ1) is 18.6. The molecular weight excluding hydrogens is 344 g/mol. The molecule has 1 N–H and O–H groups in total. The number of hydrogen-bond acceptors (Lipinski definition) is 5. The lowest BCUT2D eigenvalue weighted by atomic mass is 9.99. The molecule has 26 heavy (non-hydrogen) atoms. The van der Waals surface area contributed by atoms with E-state index < -0.39 is 0 Å². The normalized spacial score (nSPS) is 15.5. The molecule has 2 heterocycles. The van der Waals surface area contributed by atoms with Crippen molar-refractivity contribution in [3.8, 4) is 6.07 Å². The van der Waals surface area contributed by atoms with Gasteiger partial charge in [-0.2, -0.15) is 5.26 Å². The highest BCUT2D eigenvalue weighted by Gasteiger charge is 2.17. The van der Waals surface area contributed by atoms with Crippen molar-refractivity contribution in [1.29, 1.82) is 5.26 Å². The van der Waals surface area contributed by atoms with Crippen LogP contribution in [0.25, 0.3) is 0 Å². The Labute approximate surface area is 158 Å². The summed E-state index contributed by atoms with van der Waals surface area (Å²) in [5.74, 6) is 0.801. The zero-order valence-corrected chi connectivity index (χ0v) is 15.9. The Balaban J connectivity index is 1.44. The molecule has 2 aromatic rings. The molecule has 136 valence electrons. The Bertz CT molecular complexity index is 770. The van der Waals surface area contributed by atoms with E-state index >= 15 is 0 Å². The van der Waals surface area contributed by atoms with Crippen LogP contribution in [0.1, 0.15) is 43.0 Å². The van der Waals surface area contributed by atoms with E-state index in [1.54, 1.807) is 12.1 Å². The number of benzene rings is 1. The molecule has 1 aliphatic heterocycles. The molecule has 0 spiro atoms. The summed E-state index contributed by atoms with van der Waals surface area (Å²) < 4.78 is 0. The number of carbonyl (C=O) groups excluding carboxylic acids is 1. The van der Waals surface area contributed by atoms with Crippen molar-refractivity contribution in [3.63, 3.8) is 0 Å². The fourth-order valence-electron chi connectivity index (χ4n) is 3.07. The highest BCUT2D eigenvalue weighted by atomic mass is 32.1. The van der Waals surface area contributed by atoms with Crippen LogP contribution in [-0.2, 0) is 17.8 Å². The summed E-state index contributed by atoms with van der Waals surface area (Å²) in [7, 11) is 0. The maximum atomic E-state index is 12.1. The van der Waals surface area contributed by atoms with Crippen LogP contribution in [0.15, 0.2) is 29.6 Å². The largest absolute Gasteiger partial charge is 0.302 e. The smallest absolute Gasteiger partial charge is 0.226 e. The summed E-state index contributed by atoms with van der Waals surface area (Å²) >= 11 is 1.49. The Kier molecular flexibility index (Phi) is 6.37. The van der Waals surface area contributed by atoms with Crippen LogP contribution in [0.3, 0.4) is 0 Å². The third-order valence-electron chi connectivity index (χ3n) is 4.78. The summed E-state index contributed by atoms with van der Waals surface area (Å²) in [5.41, 5.74) is 2.72. The van der Waals surface area contributed by atoms with E-state index in [2.05, 4.69) is 28.2 Å². The summed E-state index contributed by atoms with van der Waals surface area (Å²) in [6.07, 6.45) is 3.57. The molecule has 5 nitrogen and oxygen atoms in total. The second-order valence-corrected chi connectivity index (χ2v) is 7.82. The molecule has 1 fully saturated rings. The van der Waals surface area contributed by atoms with E-state index in [9.17, 15) is 4.79 Å². The SMILES string of the molecule is CC1CCN(Cc2csc(NC(=O)CCc3ccc(C#N)cc3)n2)CC1. The molecule has 0 saturated carbocycles. The standard InChI is InChI=1S/C20H24N4OS/c1-15-8-10-24(11-9-15)13-18-14-26-20(22-18)23-19(25)7-6-16-2-4-17(12-21)5-3-16/h2-5,14-15H,6-11,13H2,1H3,(H,22,23,25). The van der Waals surface area contributed by atoms with Crippen molar-refractivity contribution in [3.05, 3.63) is 46.5 Å². The molecule has 0 bridgehead atoms. The van der Waals surface area contributed by atoms with Crippen molar-refractivity contribution in [2.24, 2.45) is 5.92 Å². The molecule has 0 atom stereocenters. The maximum absolute atomic E-state index is 12.1. The van der Waals surface area contributed by atoms with Gasteiger partial charge in [0.05, 0.1) is 17.3 Å². The first-order valence-electron chi connectivity index (χ1n) is 9.08. The highest BCUT2D eigenvalue weighted by molar-refractivity contribution is 7.13. The van der Waals surface area contributed by atoms with Crippen molar-refractivity contribution in [2.75, 3.05) is 18.4 Å². The fraction of sp³-hybridized carbons (Fsp3) is 0.450. The summed E-state index contributed by atoms with van der Waals surface area (Å²) in [6.45, 7) is 5.44. The van der Waals surface area contributed by atoms with Crippen LogP contribution < -0.4 is 5.32 Å². The van der Waals surface area contributed by atoms with Gasteiger partial charge in [-0.15, -0.1) is 11.3 Å². The lowest BCUT2D eigenvalue weighted by Crippen LogP contribution is -2.32. The van der Waals surface area contributed by atoms with E-state index in [1.807, 2.05) is 17.5 Å². The van der Waals surface area contributed by atoms with Gasteiger partial charge >= 0.3 is 0 Å². The molecule has 1 aromatic carbocycles. The number of likely N-dealkylation sites (tertiary alicyclic amines) is 1. The number of amides is 1. The summed E-state index contributed by atoms with van der Waals surface area (Å²) in [6, 6.07) is 9.45. The molecule has 3 rings (SSSR count). The monoisotopic (exact) mass is 368 g/mol. The van der Waals surface area contributed by atoms with E-state index in [0.717, 1.165) is 36.8 Å². The van der Waals surface area contributed by atoms with Gasteiger partial charge in [-0.25, -0.2) is 4.98 Å². The van der Waals surface area contributed by atoms with Crippen LogP contribution in [0.5, 0.6) is 0 Å². The van der Waals surface area contributed by atoms with E-state index in [4.69, 9.17) is 5.26 Å². The van der Waals surface area contributed by atoms with Crippen LogP contribution in [0.2, 0.25) is 0 Å². The molecule has 1 amide bonds. The van der Waals surface area contributed by atoms with Gasteiger partial charge in [0.15, 0.2) is 5.13 Å².